The van der Waals surface area contributed by atoms with Crippen molar-refractivity contribution in [3.8, 4) is 5.75 Å². The molecule has 2 heterocycles. The summed E-state index contributed by atoms with van der Waals surface area (Å²) >= 11 is 0. The van der Waals surface area contributed by atoms with Gasteiger partial charge in [0.2, 0.25) is 0 Å². The number of hydrogen-bond donors (Lipinski definition) is 0. The van der Waals surface area contributed by atoms with Crippen molar-refractivity contribution in [1.82, 2.24) is 4.31 Å². The molecule has 2 aromatic carbocycles. The van der Waals surface area contributed by atoms with Gasteiger partial charge in [0, 0.05) is 18.5 Å². The van der Waals surface area contributed by atoms with Crippen LogP contribution in [0.2, 0.25) is 12.1 Å². The molecule has 2 aliphatic rings. The highest BCUT2D eigenvalue weighted by Gasteiger charge is 2.83. The predicted octanol–water partition coefficient (Wildman–Crippen LogP) is 6.00. The molecule has 43 heavy (non-hydrogen) atoms. The molecule has 0 bridgehead atoms. The topological polar surface area (TPSA) is 90.0 Å². The molecule has 0 N–H and O–H groups in total. The van der Waals surface area contributed by atoms with E-state index in [2.05, 4.69) is 4.18 Å². The molecule has 2 aromatic rings. The average molecular weight is 675 g/mol. The number of sulfonamides is 1. The lowest BCUT2D eigenvalue weighted by Gasteiger charge is -2.35. The Morgan fingerprint density at radius 1 is 0.837 bits per heavy atom. The first kappa shape index (κ1) is 34.0. The van der Waals surface area contributed by atoms with Crippen molar-refractivity contribution >= 4 is 44.9 Å². The summed E-state index contributed by atoms with van der Waals surface area (Å²) in [5, 5.41) is -10.6. The van der Waals surface area contributed by atoms with Gasteiger partial charge in [-0.3, -0.25) is 4.18 Å². The van der Waals surface area contributed by atoms with Gasteiger partial charge in [-0.25, -0.2) is 8.42 Å². The van der Waals surface area contributed by atoms with Gasteiger partial charge >= 0.3 is 26.5 Å². The number of unbranched alkanes of at least 4 members (excludes halogenated alkanes) is 1. The van der Waals surface area contributed by atoms with Crippen LogP contribution in [-0.2, 0) is 30.9 Å². The Balaban J connectivity index is 1.61. The number of ether oxygens (including phenoxy) is 1. The molecule has 1 radical (unpaired) electrons. The average Bonchev–Trinajstić information content (AvgIpc) is 3.51. The number of halogens is 6. The van der Waals surface area contributed by atoms with Crippen LogP contribution < -0.4 is 9.92 Å². The van der Waals surface area contributed by atoms with Gasteiger partial charge in [-0.1, -0.05) is 68.1 Å². The summed E-state index contributed by atoms with van der Waals surface area (Å²) in [6.07, 6.45) is 4.35. The van der Waals surface area contributed by atoms with Crippen LogP contribution in [0.3, 0.4) is 0 Å². The molecule has 241 valence electrons. The monoisotopic (exact) mass is 674 g/mol. The van der Waals surface area contributed by atoms with E-state index in [1.54, 1.807) is 6.07 Å². The lowest BCUT2D eigenvalue weighted by Crippen LogP contribution is -2.63. The van der Waals surface area contributed by atoms with E-state index < -0.39 is 65.1 Å². The molecule has 0 spiro atoms. The third-order valence-electron chi connectivity index (χ3n) is 7.79. The fourth-order valence-electron chi connectivity index (χ4n) is 5.26. The molecular formula is C27H34F6NO6S2Si. The van der Waals surface area contributed by atoms with Gasteiger partial charge < -0.3 is 4.74 Å². The smallest absolute Gasteiger partial charge is 0.439 e. The molecule has 2 fully saturated rings. The second-order valence-corrected chi connectivity index (χ2v) is 17.2. The van der Waals surface area contributed by atoms with E-state index in [0.717, 1.165) is 43.0 Å². The Morgan fingerprint density at radius 2 is 1.49 bits per heavy atom. The van der Waals surface area contributed by atoms with Crippen LogP contribution in [0.4, 0.5) is 26.3 Å². The van der Waals surface area contributed by atoms with Crippen molar-refractivity contribution in [3.63, 3.8) is 0 Å². The van der Waals surface area contributed by atoms with Gasteiger partial charge in [0.15, 0.2) is 0 Å². The zero-order valence-electron chi connectivity index (χ0n) is 23.6. The lowest BCUT2D eigenvalue weighted by atomic mass is 10.1. The van der Waals surface area contributed by atoms with Crippen LogP contribution in [0.1, 0.15) is 57.4 Å². The van der Waals surface area contributed by atoms with Gasteiger partial charge in [-0.2, -0.15) is 39.1 Å². The maximum Gasteiger partial charge on any atom is 0.439 e. The number of alkyl halides is 6. The quantitative estimate of drug-likeness (QED) is 0.112. The molecule has 0 amide bonds. The molecule has 7 nitrogen and oxygen atoms in total. The second-order valence-electron chi connectivity index (χ2n) is 10.8. The Labute approximate surface area is 249 Å². The van der Waals surface area contributed by atoms with Crippen LogP contribution in [0.5, 0.6) is 5.75 Å². The highest BCUT2D eigenvalue weighted by atomic mass is 32.2. The third-order valence-corrected chi connectivity index (χ3v) is 14.2. The van der Waals surface area contributed by atoms with Gasteiger partial charge in [-0.05, 0) is 42.3 Å². The van der Waals surface area contributed by atoms with E-state index in [1.807, 2.05) is 19.1 Å². The Kier molecular flexibility index (Phi) is 10.2. The fraction of sp³-hybridized carbons (Fsp3) is 0.630. The van der Waals surface area contributed by atoms with E-state index >= 15 is 0 Å². The first-order chi connectivity index (χ1) is 20.1. The fourth-order valence-corrected chi connectivity index (χ4v) is 10.8. The van der Waals surface area contributed by atoms with Crippen molar-refractivity contribution < 1.29 is 52.1 Å². The van der Waals surface area contributed by atoms with Gasteiger partial charge in [0.25, 0.3) is 10.0 Å². The van der Waals surface area contributed by atoms with Crippen molar-refractivity contribution in [1.29, 1.82) is 0 Å². The van der Waals surface area contributed by atoms with Gasteiger partial charge in [0.05, 0.1) is 22.0 Å². The molecule has 2 saturated heterocycles. The molecule has 0 aromatic heterocycles. The van der Waals surface area contributed by atoms with E-state index in [9.17, 15) is 43.2 Å². The molecule has 4 rings (SSSR count). The molecule has 2 aliphatic heterocycles. The molecule has 0 unspecified atom stereocenters. The van der Waals surface area contributed by atoms with E-state index in [0.29, 0.717) is 29.5 Å². The number of piperidine rings is 1. The summed E-state index contributed by atoms with van der Waals surface area (Å²) in [7, 11) is -14.1. The normalized spacial score (nSPS) is 18.4. The highest BCUT2D eigenvalue weighted by Crippen LogP contribution is 2.52. The molecule has 16 heteroatoms. The number of nitrogens with zero attached hydrogens (tertiary/aromatic N) is 1. The highest BCUT2D eigenvalue weighted by molar-refractivity contribution is 7.90. The molecular weight excluding hydrogens is 641 g/mol. The molecule has 0 saturated carbocycles. The molecule has 0 atom stereocenters. The first-order valence-corrected chi connectivity index (χ1v) is 18.9. The lowest BCUT2D eigenvalue weighted by molar-refractivity contribution is -0.247. The maximum absolute atomic E-state index is 14.8. The van der Waals surface area contributed by atoms with Gasteiger partial charge in [-0.15, -0.1) is 0 Å². The van der Waals surface area contributed by atoms with Gasteiger partial charge in [0.1, 0.15) is 5.75 Å². The zero-order valence-corrected chi connectivity index (χ0v) is 26.2. The minimum atomic E-state index is -6.84. The summed E-state index contributed by atoms with van der Waals surface area (Å²) in [5.41, 5.74) is 0.00967. The Bertz CT molecular complexity index is 1510. The summed E-state index contributed by atoms with van der Waals surface area (Å²) < 4.78 is 148. The second kappa shape index (κ2) is 12.8. The summed E-state index contributed by atoms with van der Waals surface area (Å²) in [4.78, 5) is 0. The summed E-state index contributed by atoms with van der Waals surface area (Å²) in [6.45, 7) is 0.121. The van der Waals surface area contributed by atoms with Crippen LogP contribution in [-0.4, -0.2) is 66.1 Å². The van der Waals surface area contributed by atoms with E-state index in [1.165, 1.54) is 12.1 Å². The first-order valence-electron chi connectivity index (χ1n) is 14.1. The number of hydrogen-bond acceptors (Lipinski definition) is 6. The predicted molar refractivity (Wildman–Crippen MR) is 151 cm³/mol. The van der Waals surface area contributed by atoms with Crippen molar-refractivity contribution in [3.05, 3.63) is 35.9 Å². The van der Waals surface area contributed by atoms with Crippen LogP contribution in [0.15, 0.2) is 30.3 Å². The molecule has 0 aliphatic carbocycles. The minimum absolute atomic E-state index is 0.00967. The minimum Gasteiger partial charge on any atom is -0.493 e. The van der Waals surface area contributed by atoms with Crippen LogP contribution in [0.25, 0.3) is 10.8 Å². The van der Waals surface area contributed by atoms with Crippen molar-refractivity contribution in [2.75, 3.05) is 19.7 Å². The van der Waals surface area contributed by atoms with Crippen LogP contribution >= 0.6 is 0 Å². The Morgan fingerprint density at radius 3 is 2.12 bits per heavy atom. The number of fused-ring (bicyclic) bond motifs is 1. The van der Waals surface area contributed by atoms with E-state index in [-0.39, 0.29) is 22.7 Å². The van der Waals surface area contributed by atoms with Crippen molar-refractivity contribution in [2.45, 2.75) is 87.0 Å². The summed E-state index contributed by atoms with van der Waals surface area (Å²) in [6, 6.07) is 10.2. The zero-order chi connectivity index (χ0) is 31.7. The van der Waals surface area contributed by atoms with E-state index in [4.69, 9.17) is 4.74 Å². The standard InChI is InChI=1S/C27H34F6NO6S2Si/c1-2-3-15-39-23-11-12-24(43-16-7-8-17-43)22-18-20(9-10-21(22)23)19-40-42(37,38)27(32,33)25(28,29)26(30,31)41(35,36)34-13-5-4-6-14-34/h9-12,18H,2-8,13-17,19H2,1H3. The summed E-state index contributed by atoms with van der Waals surface area (Å²) in [5.74, 6) is -6.28. The largest absolute Gasteiger partial charge is 0.493 e. The van der Waals surface area contributed by atoms with Crippen LogP contribution in [0, 0.1) is 0 Å². The Hall–Kier alpha value is -1.88. The third kappa shape index (κ3) is 6.31. The van der Waals surface area contributed by atoms with Crippen molar-refractivity contribution in [2.24, 2.45) is 0 Å². The number of benzene rings is 2. The maximum atomic E-state index is 14.8. The number of rotatable bonds is 13. The SMILES string of the molecule is CCCCOc1ccc([Si]2CCCC2)c2cc(COS(=O)(=O)C(F)(F)C(F)(F)C(F)(F)S(=O)(=O)N3CCCCC3)ccc12.